The van der Waals surface area contributed by atoms with Gasteiger partial charge in [-0.3, -0.25) is 9.69 Å². The molecule has 0 radical (unpaired) electrons. The van der Waals surface area contributed by atoms with Crippen LogP contribution in [0.4, 0.5) is 6.01 Å². The second-order valence-electron chi connectivity index (χ2n) is 6.00. The monoisotopic (exact) mass is 278 g/mol. The number of carbonyl (C=O) groups is 1. The highest BCUT2D eigenvalue weighted by Crippen LogP contribution is 2.39. The molecule has 0 spiro atoms. The molecular formula is C16H26N2O2. The molecule has 1 fully saturated rings. The summed E-state index contributed by atoms with van der Waals surface area (Å²) < 4.78 is 5.71. The molecule has 1 heterocycles. The summed E-state index contributed by atoms with van der Waals surface area (Å²) in [6.07, 6.45) is 10.0. The lowest BCUT2D eigenvalue weighted by atomic mass is 9.77. The van der Waals surface area contributed by atoms with Gasteiger partial charge in [0.05, 0.1) is 11.2 Å². The number of aryl methyl sites for hydroxylation is 2. The molecule has 2 rings (SSSR count). The predicted octanol–water partition coefficient (Wildman–Crippen LogP) is 4.15. The number of nitrogens with zero attached hydrogens (tertiary/aromatic N) is 2. The molecule has 1 saturated carbocycles. The van der Waals surface area contributed by atoms with Gasteiger partial charge in [0, 0.05) is 0 Å². The smallest absolute Gasteiger partial charge is 0.304 e. The van der Waals surface area contributed by atoms with Gasteiger partial charge in [-0.2, -0.15) is 4.98 Å². The maximum Gasteiger partial charge on any atom is 0.304 e. The molecule has 0 N–H and O–H groups in total. The van der Waals surface area contributed by atoms with Gasteiger partial charge in [0.1, 0.15) is 5.76 Å². The Labute approximate surface area is 121 Å². The third-order valence-corrected chi connectivity index (χ3v) is 4.62. The molecule has 1 aliphatic carbocycles. The van der Waals surface area contributed by atoms with Gasteiger partial charge in [-0.05, 0) is 33.1 Å². The molecule has 4 heteroatoms. The highest BCUT2D eigenvalue weighted by molar-refractivity contribution is 5.73. The van der Waals surface area contributed by atoms with Gasteiger partial charge in [-0.1, -0.05) is 39.0 Å². The van der Waals surface area contributed by atoms with E-state index in [1.54, 1.807) is 4.90 Å². The van der Waals surface area contributed by atoms with Crippen LogP contribution in [0.3, 0.4) is 0 Å². The fourth-order valence-corrected chi connectivity index (χ4v) is 3.25. The molecule has 1 aromatic heterocycles. The Hall–Kier alpha value is -1.32. The topological polar surface area (TPSA) is 46.3 Å². The van der Waals surface area contributed by atoms with Gasteiger partial charge < -0.3 is 4.42 Å². The maximum atomic E-state index is 11.7. The van der Waals surface area contributed by atoms with Crippen molar-refractivity contribution in [2.75, 3.05) is 4.90 Å². The first-order chi connectivity index (χ1) is 9.63. The van der Waals surface area contributed by atoms with Crippen LogP contribution in [0.25, 0.3) is 0 Å². The molecular weight excluding hydrogens is 252 g/mol. The number of carbonyl (C=O) groups excluding carboxylic acids is 1. The SMILES string of the molecule is CCCCC1(N(C=O)c2nc(C)c(C)o2)CCCCC1. The lowest BCUT2D eigenvalue weighted by Crippen LogP contribution is -2.50. The van der Waals surface area contributed by atoms with E-state index in [4.69, 9.17) is 4.42 Å². The van der Waals surface area contributed by atoms with E-state index in [0.29, 0.717) is 6.01 Å². The lowest BCUT2D eigenvalue weighted by Gasteiger charge is -2.43. The minimum Gasteiger partial charge on any atom is -0.428 e. The quantitative estimate of drug-likeness (QED) is 0.734. The van der Waals surface area contributed by atoms with Gasteiger partial charge in [0.25, 0.3) is 0 Å². The van der Waals surface area contributed by atoms with E-state index >= 15 is 0 Å². The molecule has 20 heavy (non-hydrogen) atoms. The fraction of sp³-hybridized carbons (Fsp3) is 0.750. The Kier molecular flexibility index (Phi) is 4.84. The van der Waals surface area contributed by atoms with Crippen LogP contribution in [0.15, 0.2) is 4.42 Å². The summed E-state index contributed by atoms with van der Waals surface area (Å²) in [6, 6.07) is 0.480. The highest BCUT2D eigenvalue weighted by atomic mass is 16.4. The Morgan fingerprint density at radius 2 is 2.00 bits per heavy atom. The number of aromatic nitrogens is 1. The summed E-state index contributed by atoms with van der Waals surface area (Å²) in [5.41, 5.74) is 0.785. The van der Waals surface area contributed by atoms with Crippen molar-refractivity contribution in [1.82, 2.24) is 4.98 Å². The second kappa shape index (κ2) is 6.42. The predicted molar refractivity (Wildman–Crippen MR) is 79.9 cm³/mol. The number of hydrogen-bond donors (Lipinski definition) is 0. The van der Waals surface area contributed by atoms with E-state index in [1.807, 2.05) is 13.8 Å². The van der Waals surface area contributed by atoms with E-state index in [9.17, 15) is 4.79 Å². The number of anilines is 1. The zero-order valence-electron chi connectivity index (χ0n) is 12.9. The highest BCUT2D eigenvalue weighted by Gasteiger charge is 2.39. The molecule has 1 amide bonds. The van der Waals surface area contributed by atoms with Gasteiger partial charge in [0.2, 0.25) is 6.41 Å². The fourth-order valence-electron chi connectivity index (χ4n) is 3.25. The second-order valence-corrected chi connectivity index (χ2v) is 6.00. The zero-order chi connectivity index (χ0) is 14.6. The molecule has 1 aromatic rings. The van der Waals surface area contributed by atoms with Crippen molar-refractivity contribution >= 4 is 12.4 Å². The summed E-state index contributed by atoms with van der Waals surface area (Å²) in [5.74, 6) is 0.799. The number of amides is 1. The number of oxazole rings is 1. The standard InChI is InChI=1S/C16H26N2O2/c1-4-5-9-16(10-7-6-8-11-16)18(12-19)15-17-13(2)14(3)20-15/h12H,4-11H2,1-3H3. The van der Waals surface area contributed by atoms with Crippen LogP contribution in [-0.4, -0.2) is 16.9 Å². The van der Waals surface area contributed by atoms with Crippen molar-refractivity contribution in [1.29, 1.82) is 0 Å². The van der Waals surface area contributed by atoms with E-state index in [2.05, 4.69) is 11.9 Å². The van der Waals surface area contributed by atoms with Crippen LogP contribution in [0, 0.1) is 13.8 Å². The summed E-state index contributed by atoms with van der Waals surface area (Å²) in [6.45, 7) is 6.01. The Morgan fingerprint density at radius 3 is 2.50 bits per heavy atom. The molecule has 0 bridgehead atoms. The first-order valence-corrected chi connectivity index (χ1v) is 7.81. The van der Waals surface area contributed by atoms with Crippen LogP contribution < -0.4 is 4.90 Å². The van der Waals surface area contributed by atoms with Gasteiger partial charge in [0.15, 0.2) is 0 Å². The number of rotatable bonds is 6. The van der Waals surface area contributed by atoms with Crippen molar-refractivity contribution < 1.29 is 9.21 Å². The molecule has 4 nitrogen and oxygen atoms in total. The zero-order valence-corrected chi connectivity index (χ0v) is 12.9. The minimum absolute atomic E-state index is 0.0836. The van der Waals surface area contributed by atoms with Crippen molar-refractivity contribution in [3.8, 4) is 0 Å². The largest absolute Gasteiger partial charge is 0.428 e. The first-order valence-electron chi connectivity index (χ1n) is 7.81. The van der Waals surface area contributed by atoms with E-state index in [-0.39, 0.29) is 5.54 Å². The van der Waals surface area contributed by atoms with Crippen LogP contribution in [0.5, 0.6) is 0 Å². The summed E-state index contributed by atoms with van der Waals surface area (Å²) in [4.78, 5) is 17.9. The Bertz CT molecular complexity index is 428. The third-order valence-electron chi connectivity index (χ3n) is 4.62. The number of unbranched alkanes of at least 4 members (excludes halogenated alkanes) is 1. The molecule has 1 aliphatic rings. The molecule has 0 aromatic carbocycles. The van der Waals surface area contributed by atoms with Gasteiger partial charge in [-0.15, -0.1) is 0 Å². The van der Waals surface area contributed by atoms with E-state index in [0.717, 1.165) is 50.0 Å². The summed E-state index contributed by atoms with van der Waals surface area (Å²) in [7, 11) is 0. The number of hydrogen-bond acceptors (Lipinski definition) is 3. The van der Waals surface area contributed by atoms with Crippen LogP contribution >= 0.6 is 0 Å². The van der Waals surface area contributed by atoms with Crippen LogP contribution in [-0.2, 0) is 4.79 Å². The average molecular weight is 278 g/mol. The lowest BCUT2D eigenvalue weighted by molar-refractivity contribution is -0.109. The van der Waals surface area contributed by atoms with Crippen LogP contribution in [0.2, 0.25) is 0 Å². The summed E-state index contributed by atoms with van der Waals surface area (Å²) >= 11 is 0. The third kappa shape index (κ3) is 2.89. The van der Waals surface area contributed by atoms with Crippen LogP contribution in [0.1, 0.15) is 69.7 Å². The van der Waals surface area contributed by atoms with Gasteiger partial charge in [-0.25, -0.2) is 0 Å². The average Bonchev–Trinajstić information content (AvgIpc) is 2.78. The van der Waals surface area contributed by atoms with Crippen molar-refractivity contribution in [2.24, 2.45) is 0 Å². The Balaban J connectivity index is 2.30. The van der Waals surface area contributed by atoms with E-state index in [1.165, 1.54) is 19.3 Å². The first kappa shape index (κ1) is 15.1. The minimum atomic E-state index is -0.0836. The molecule has 0 unspecified atom stereocenters. The Morgan fingerprint density at radius 1 is 1.30 bits per heavy atom. The maximum absolute atomic E-state index is 11.7. The molecule has 0 saturated heterocycles. The van der Waals surface area contributed by atoms with E-state index < -0.39 is 0 Å². The van der Waals surface area contributed by atoms with Crippen molar-refractivity contribution in [3.05, 3.63) is 11.5 Å². The normalized spacial score (nSPS) is 17.9. The van der Waals surface area contributed by atoms with Crippen molar-refractivity contribution in [3.63, 3.8) is 0 Å². The van der Waals surface area contributed by atoms with Gasteiger partial charge >= 0.3 is 6.01 Å². The molecule has 0 aliphatic heterocycles. The summed E-state index contributed by atoms with van der Waals surface area (Å²) in [5, 5.41) is 0. The van der Waals surface area contributed by atoms with Crippen molar-refractivity contribution in [2.45, 2.75) is 77.7 Å². The molecule has 0 atom stereocenters. The molecule has 112 valence electrons.